The highest BCUT2D eigenvalue weighted by Gasteiger charge is 2.19. The van der Waals surface area contributed by atoms with Gasteiger partial charge in [0.2, 0.25) is 5.95 Å². The zero-order valence-electron chi connectivity index (χ0n) is 17.2. The Morgan fingerprint density at radius 2 is 2.07 bits per heavy atom. The van der Waals surface area contributed by atoms with E-state index in [1.807, 2.05) is 18.5 Å². The fraction of sp³-hybridized carbons (Fsp3) is 0.429. The SMILES string of the molecule is Cc1cccc(/C=N/Nc2nc(N3CCOCC3)nc3c2ncn3CC(C)C)c1. The second-order valence-electron chi connectivity index (χ2n) is 7.72. The van der Waals surface area contributed by atoms with Crippen LogP contribution in [0.1, 0.15) is 25.0 Å². The van der Waals surface area contributed by atoms with Crippen LogP contribution in [0.4, 0.5) is 11.8 Å². The van der Waals surface area contributed by atoms with Crippen molar-refractivity contribution >= 4 is 29.1 Å². The van der Waals surface area contributed by atoms with Crippen LogP contribution in [0.15, 0.2) is 35.7 Å². The molecule has 1 aromatic carbocycles. The van der Waals surface area contributed by atoms with E-state index in [-0.39, 0.29) is 0 Å². The second kappa shape index (κ2) is 8.57. The Bertz CT molecular complexity index is 1010. The number of anilines is 2. The van der Waals surface area contributed by atoms with Crippen molar-refractivity contribution in [1.82, 2.24) is 19.5 Å². The summed E-state index contributed by atoms with van der Waals surface area (Å²) in [6, 6.07) is 8.18. The highest BCUT2D eigenvalue weighted by atomic mass is 16.5. The summed E-state index contributed by atoms with van der Waals surface area (Å²) in [5, 5.41) is 4.40. The summed E-state index contributed by atoms with van der Waals surface area (Å²) in [7, 11) is 0. The van der Waals surface area contributed by atoms with Gasteiger partial charge in [-0.05, 0) is 18.4 Å². The Morgan fingerprint density at radius 1 is 1.24 bits per heavy atom. The molecule has 0 aliphatic carbocycles. The molecule has 0 atom stereocenters. The quantitative estimate of drug-likeness (QED) is 0.512. The summed E-state index contributed by atoms with van der Waals surface area (Å²) in [4.78, 5) is 16.2. The molecule has 3 aromatic rings. The lowest BCUT2D eigenvalue weighted by Crippen LogP contribution is -2.37. The normalized spacial score (nSPS) is 15.0. The molecule has 0 bridgehead atoms. The molecule has 4 rings (SSSR count). The molecule has 0 saturated carbocycles. The van der Waals surface area contributed by atoms with Crippen LogP contribution in [0.2, 0.25) is 0 Å². The van der Waals surface area contributed by atoms with Gasteiger partial charge in [-0.25, -0.2) is 4.98 Å². The van der Waals surface area contributed by atoms with Gasteiger partial charge in [-0.15, -0.1) is 0 Å². The summed E-state index contributed by atoms with van der Waals surface area (Å²) >= 11 is 0. The van der Waals surface area contributed by atoms with Crippen molar-refractivity contribution in [3.63, 3.8) is 0 Å². The van der Waals surface area contributed by atoms with E-state index < -0.39 is 0 Å². The zero-order valence-corrected chi connectivity index (χ0v) is 17.2. The summed E-state index contributed by atoms with van der Waals surface area (Å²) < 4.78 is 7.55. The van der Waals surface area contributed by atoms with Crippen molar-refractivity contribution in [2.24, 2.45) is 11.0 Å². The van der Waals surface area contributed by atoms with Crippen molar-refractivity contribution < 1.29 is 4.74 Å². The number of rotatable bonds is 6. The number of hydrazone groups is 1. The lowest BCUT2D eigenvalue weighted by Gasteiger charge is -2.27. The Kier molecular flexibility index (Phi) is 5.71. The monoisotopic (exact) mass is 393 g/mol. The molecule has 152 valence electrons. The van der Waals surface area contributed by atoms with Crippen molar-refractivity contribution in [1.29, 1.82) is 0 Å². The number of aromatic nitrogens is 4. The van der Waals surface area contributed by atoms with Gasteiger partial charge in [0, 0.05) is 19.6 Å². The molecule has 0 unspecified atom stereocenters. The number of nitrogens with one attached hydrogen (secondary N) is 1. The van der Waals surface area contributed by atoms with Crippen molar-refractivity contribution in [2.75, 3.05) is 36.6 Å². The summed E-state index contributed by atoms with van der Waals surface area (Å²) in [6.45, 7) is 10.2. The van der Waals surface area contributed by atoms with E-state index >= 15 is 0 Å². The molecule has 29 heavy (non-hydrogen) atoms. The third-order valence-corrected chi connectivity index (χ3v) is 4.73. The second-order valence-corrected chi connectivity index (χ2v) is 7.72. The Labute approximate surface area is 170 Å². The molecule has 1 aliphatic rings. The van der Waals surface area contributed by atoms with Gasteiger partial charge >= 0.3 is 0 Å². The van der Waals surface area contributed by atoms with E-state index in [2.05, 4.69) is 57.9 Å². The van der Waals surface area contributed by atoms with Crippen LogP contribution in [0.3, 0.4) is 0 Å². The van der Waals surface area contributed by atoms with Crippen LogP contribution in [0.25, 0.3) is 11.2 Å². The van der Waals surface area contributed by atoms with E-state index in [0.29, 0.717) is 30.9 Å². The summed E-state index contributed by atoms with van der Waals surface area (Å²) in [5.74, 6) is 1.78. The van der Waals surface area contributed by atoms with Gasteiger partial charge in [-0.3, -0.25) is 5.43 Å². The van der Waals surface area contributed by atoms with Crippen molar-refractivity contribution in [3.8, 4) is 0 Å². The van der Waals surface area contributed by atoms with Crippen molar-refractivity contribution in [2.45, 2.75) is 27.3 Å². The molecule has 2 aromatic heterocycles. The first-order valence-corrected chi connectivity index (χ1v) is 10.0. The maximum absolute atomic E-state index is 5.47. The molecule has 8 nitrogen and oxygen atoms in total. The number of ether oxygens (including phenoxy) is 1. The fourth-order valence-corrected chi connectivity index (χ4v) is 3.36. The van der Waals surface area contributed by atoms with Gasteiger partial charge in [-0.2, -0.15) is 15.1 Å². The van der Waals surface area contributed by atoms with Crippen LogP contribution in [-0.4, -0.2) is 52.0 Å². The molecular weight excluding hydrogens is 366 g/mol. The molecule has 1 aliphatic heterocycles. The standard InChI is InChI=1S/C21H27N7O/c1-15(2)13-28-14-22-18-19(26-23-12-17-6-4-5-16(3)11-17)24-21(25-20(18)28)27-7-9-29-10-8-27/h4-6,11-12,14-15H,7-10,13H2,1-3H3,(H,24,25,26)/b23-12+. The Morgan fingerprint density at radius 3 is 2.83 bits per heavy atom. The van der Waals surface area contributed by atoms with E-state index in [0.717, 1.165) is 36.4 Å². The first-order chi connectivity index (χ1) is 14.1. The fourth-order valence-electron chi connectivity index (χ4n) is 3.36. The predicted octanol–water partition coefficient (Wildman–Crippen LogP) is 3.07. The number of morpholine rings is 1. The highest BCUT2D eigenvalue weighted by molar-refractivity contribution is 5.86. The first kappa shape index (κ1) is 19.3. The Hall–Kier alpha value is -3.00. The van der Waals surface area contributed by atoms with Crippen LogP contribution >= 0.6 is 0 Å². The predicted molar refractivity (Wildman–Crippen MR) is 116 cm³/mol. The Balaban J connectivity index is 1.67. The van der Waals surface area contributed by atoms with Gasteiger partial charge in [0.25, 0.3) is 0 Å². The number of hydrogen-bond acceptors (Lipinski definition) is 7. The molecular formula is C21H27N7O. The smallest absolute Gasteiger partial charge is 0.229 e. The van der Waals surface area contributed by atoms with Gasteiger partial charge in [0.15, 0.2) is 17.0 Å². The van der Waals surface area contributed by atoms with Crippen LogP contribution in [-0.2, 0) is 11.3 Å². The third-order valence-electron chi connectivity index (χ3n) is 4.73. The number of benzene rings is 1. The number of imidazole rings is 1. The molecule has 0 amide bonds. The molecule has 1 N–H and O–H groups in total. The minimum Gasteiger partial charge on any atom is -0.378 e. The molecule has 0 spiro atoms. The number of fused-ring (bicyclic) bond motifs is 1. The van der Waals surface area contributed by atoms with Crippen LogP contribution < -0.4 is 10.3 Å². The summed E-state index contributed by atoms with van der Waals surface area (Å²) in [5.41, 5.74) is 6.86. The average Bonchev–Trinajstić information content (AvgIpc) is 3.11. The highest BCUT2D eigenvalue weighted by Crippen LogP contribution is 2.24. The number of nitrogens with zero attached hydrogens (tertiary/aromatic N) is 6. The molecule has 3 heterocycles. The van der Waals surface area contributed by atoms with Gasteiger partial charge in [0.1, 0.15) is 0 Å². The van der Waals surface area contributed by atoms with Crippen LogP contribution in [0, 0.1) is 12.8 Å². The van der Waals surface area contributed by atoms with Crippen molar-refractivity contribution in [3.05, 3.63) is 41.7 Å². The lowest BCUT2D eigenvalue weighted by molar-refractivity contribution is 0.122. The van der Waals surface area contributed by atoms with E-state index in [4.69, 9.17) is 14.7 Å². The van der Waals surface area contributed by atoms with Gasteiger partial charge < -0.3 is 14.2 Å². The maximum atomic E-state index is 5.47. The molecule has 8 heteroatoms. The molecule has 1 fully saturated rings. The van der Waals surface area contributed by atoms with E-state index in [1.54, 1.807) is 6.21 Å². The zero-order chi connectivity index (χ0) is 20.2. The largest absolute Gasteiger partial charge is 0.378 e. The maximum Gasteiger partial charge on any atom is 0.229 e. The average molecular weight is 393 g/mol. The van der Waals surface area contributed by atoms with Crippen LogP contribution in [0.5, 0.6) is 0 Å². The topological polar surface area (TPSA) is 80.5 Å². The summed E-state index contributed by atoms with van der Waals surface area (Å²) in [6.07, 6.45) is 3.62. The van der Waals surface area contributed by atoms with Gasteiger partial charge in [0.05, 0.1) is 25.8 Å². The molecule has 1 saturated heterocycles. The number of aryl methyl sites for hydroxylation is 1. The van der Waals surface area contributed by atoms with E-state index in [1.165, 1.54) is 5.56 Å². The number of hydrogen-bond donors (Lipinski definition) is 1. The first-order valence-electron chi connectivity index (χ1n) is 10.0. The van der Waals surface area contributed by atoms with Gasteiger partial charge in [-0.1, -0.05) is 43.7 Å². The lowest BCUT2D eigenvalue weighted by atomic mass is 10.2. The minimum atomic E-state index is 0.491. The van der Waals surface area contributed by atoms with E-state index in [9.17, 15) is 0 Å². The minimum absolute atomic E-state index is 0.491. The third kappa shape index (κ3) is 4.54. The molecule has 0 radical (unpaired) electrons.